The molecule has 0 amide bonds. The van der Waals surface area contributed by atoms with Crippen molar-refractivity contribution in [2.45, 2.75) is 0 Å². The minimum Gasteiger partial charge on any atom is -0.541 e. The van der Waals surface area contributed by atoms with Crippen molar-refractivity contribution in [3.63, 3.8) is 0 Å². The number of carbonyl (C=O) groups excluding carboxylic acids is 1. The van der Waals surface area contributed by atoms with Gasteiger partial charge in [0.05, 0.1) is 6.20 Å². The number of aromatic nitrogens is 3. The van der Waals surface area contributed by atoms with Crippen LogP contribution in [0.1, 0.15) is 10.6 Å². The summed E-state index contributed by atoms with van der Waals surface area (Å²) in [5.41, 5.74) is 0. The molecule has 0 saturated heterocycles. The van der Waals surface area contributed by atoms with Gasteiger partial charge in [-0.25, -0.2) is 4.98 Å². The molecule has 0 spiro atoms. The fourth-order valence-electron chi connectivity index (χ4n) is 0.341. The van der Waals surface area contributed by atoms with Crippen LogP contribution in [0.4, 0.5) is 0 Å². The summed E-state index contributed by atoms with van der Waals surface area (Å²) in [4.78, 5) is 13.3. The van der Waals surface area contributed by atoms with Crippen LogP contribution in [0, 0.1) is 0 Å². The number of hydrogen-bond donors (Lipinski definition) is 0. The van der Waals surface area contributed by atoms with E-state index in [1.54, 1.807) is 0 Å². The van der Waals surface area contributed by atoms with Crippen LogP contribution in [-0.4, -0.2) is 21.2 Å². The zero-order chi connectivity index (χ0) is 6.69. The van der Waals surface area contributed by atoms with Gasteiger partial charge in [0.2, 0.25) is 0 Å². The first-order valence-electron chi connectivity index (χ1n) is 2.16. The summed E-state index contributed by atoms with van der Waals surface area (Å²) >= 11 is 0. The molecule has 0 radical (unpaired) electrons. The average Bonchev–Trinajstić information content (AvgIpc) is 1.90. The number of rotatable bonds is 1. The summed E-state index contributed by atoms with van der Waals surface area (Å²) in [7, 11) is 0. The van der Waals surface area contributed by atoms with Gasteiger partial charge in [0.1, 0.15) is 5.97 Å². The van der Waals surface area contributed by atoms with Gasteiger partial charge in [-0.2, -0.15) is 5.10 Å². The smallest absolute Gasteiger partial charge is 0.541 e. The molecule has 0 atom stereocenters. The minimum absolute atomic E-state index is 0. The van der Waals surface area contributed by atoms with Gasteiger partial charge >= 0.3 is 18.9 Å². The number of carboxylic acids is 1. The molecule has 0 bridgehead atoms. The average molecular weight is 131 g/mol. The van der Waals surface area contributed by atoms with E-state index in [0.717, 1.165) is 0 Å². The van der Waals surface area contributed by atoms with Crippen molar-refractivity contribution in [1.29, 1.82) is 0 Å². The Balaban J connectivity index is 0.000000810. The van der Waals surface area contributed by atoms with Crippen LogP contribution in [0.15, 0.2) is 12.4 Å². The molecule has 0 aliphatic heterocycles. The van der Waals surface area contributed by atoms with Crippen LogP contribution in [0.25, 0.3) is 0 Å². The van der Waals surface area contributed by atoms with Gasteiger partial charge in [-0.3, -0.25) is 0 Å². The zero-order valence-corrected chi connectivity index (χ0v) is 5.31. The maximum Gasteiger partial charge on any atom is 1.00 e. The molecule has 0 fully saturated rings. The normalized spacial score (nSPS) is 8.00. The molecule has 1 heterocycles. The third kappa shape index (κ3) is 2.13. The summed E-state index contributed by atoms with van der Waals surface area (Å²) in [6.07, 6.45) is 2.52. The third-order valence-electron chi connectivity index (χ3n) is 0.665. The Kier molecular flexibility index (Phi) is 3.62. The van der Waals surface area contributed by atoms with Gasteiger partial charge in [-0.15, -0.1) is 5.10 Å². The van der Waals surface area contributed by atoms with Gasteiger partial charge in [-0.05, 0) is 0 Å². The topological polar surface area (TPSA) is 78.8 Å². The van der Waals surface area contributed by atoms with Crippen molar-refractivity contribution in [2.75, 3.05) is 0 Å². The van der Waals surface area contributed by atoms with E-state index in [1.165, 1.54) is 12.4 Å². The Labute approximate surface area is 68.7 Å². The second-order valence-electron chi connectivity index (χ2n) is 1.25. The molecule has 0 saturated carbocycles. The first-order valence-corrected chi connectivity index (χ1v) is 2.16. The van der Waals surface area contributed by atoms with E-state index >= 15 is 0 Å². The minimum atomic E-state index is -1.41. The standard InChI is InChI=1S/C4H3N3O2.Li/c8-4(9)3-5-1-2-6-7-3;/h1-2H,(H,8,9);/q;+1/p-1. The molecule has 1 rings (SSSR count). The molecule has 0 aromatic carbocycles. The van der Waals surface area contributed by atoms with E-state index < -0.39 is 11.8 Å². The second kappa shape index (κ2) is 3.98. The van der Waals surface area contributed by atoms with Gasteiger partial charge in [0.25, 0.3) is 0 Å². The summed E-state index contributed by atoms with van der Waals surface area (Å²) < 4.78 is 0. The quantitative estimate of drug-likeness (QED) is 0.357. The maximum absolute atomic E-state index is 9.92. The van der Waals surface area contributed by atoms with Crippen LogP contribution < -0.4 is 24.0 Å². The van der Waals surface area contributed by atoms with Crippen LogP contribution in [0.3, 0.4) is 0 Å². The zero-order valence-electron chi connectivity index (χ0n) is 5.31. The maximum atomic E-state index is 9.92. The van der Waals surface area contributed by atoms with Crippen molar-refractivity contribution >= 4 is 5.97 Å². The van der Waals surface area contributed by atoms with Gasteiger partial charge < -0.3 is 9.90 Å². The van der Waals surface area contributed by atoms with Crippen molar-refractivity contribution in [3.8, 4) is 0 Å². The molecular formula is C4H2LiN3O2. The van der Waals surface area contributed by atoms with Gasteiger partial charge in [0, 0.05) is 6.20 Å². The number of aromatic carboxylic acids is 1. The third-order valence-corrected chi connectivity index (χ3v) is 0.665. The van der Waals surface area contributed by atoms with Crippen LogP contribution in [0.5, 0.6) is 0 Å². The molecule has 0 N–H and O–H groups in total. The molecule has 0 unspecified atom stereocenters. The first kappa shape index (κ1) is 9.08. The number of nitrogens with zero attached hydrogens (tertiary/aromatic N) is 3. The second-order valence-corrected chi connectivity index (χ2v) is 1.25. The summed E-state index contributed by atoms with van der Waals surface area (Å²) in [5.74, 6) is -1.81. The van der Waals surface area contributed by atoms with E-state index in [0.29, 0.717) is 0 Å². The number of carbonyl (C=O) groups is 1. The fraction of sp³-hybridized carbons (Fsp3) is 0. The molecule has 0 aliphatic rings. The predicted molar refractivity (Wildman–Crippen MR) is 24.2 cm³/mol. The van der Waals surface area contributed by atoms with Crippen molar-refractivity contribution in [3.05, 3.63) is 18.2 Å². The molecule has 1 aromatic heterocycles. The summed E-state index contributed by atoms with van der Waals surface area (Å²) in [6, 6.07) is 0. The number of carboxylic acid groups (broad SMARTS) is 1. The summed E-state index contributed by atoms with van der Waals surface area (Å²) in [5, 5.41) is 16.4. The molecule has 5 nitrogen and oxygen atoms in total. The summed E-state index contributed by atoms with van der Waals surface area (Å²) in [6.45, 7) is 0. The molecule has 0 aliphatic carbocycles. The van der Waals surface area contributed by atoms with Gasteiger partial charge in [-0.1, -0.05) is 0 Å². The Hall–Kier alpha value is -0.923. The van der Waals surface area contributed by atoms with Crippen LogP contribution in [0.2, 0.25) is 0 Å². The Bertz CT molecular complexity index is 215. The van der Waals surface area contributed by atoms with Crippen molar-refractivity contribution in [1.82, 2.24) is 15.2 Å². The fourth-order valence-corrected chi connectivity index (χ4v) is 0.341. The monoisotopic (exact) mass is 131 g/mol. The molecule has 46 valence electrons. The largest absolute Gasteiger partial charge is 1.00 e. The molecular weight excluding hydrogens is 129 g/mol. The van der Waals surface area contributed by atoms with Crippen molar-refractivity contribution < 1.29 is 28.8 Å². The SMILES string of the molecule is O=C([O-])c1nccnn1.[Li+]. The molecule has 10 heavy (non-hydrogen) atoms. The van der Waals surface area contributed by atoms with Crippen molar-refractivity contribution in [2.24, 2.45) is 0 Å². The molecule has 6 heteroatoms. The Morgan fingerprint density at radius 2 is 2.20 bits per heavy atom. The Morgan fingerprint density at radius 1 is 1.50 bits per heavy atom. The van der Waals surface area contributed by atoms with E-state index in [1.807, 2.05) is 0 Å². The van der Waals surface area contributed by atoms with E-state index in [9.17, 15) is 9.90 Å². The molecule has 1 aromatic rings. The Morgan fingerprint density at radius 3 is 2.50 bits per heavy atom. The number of hydrogen-bond acceptors (Lipinski definition) is 5. The predicted octanol–water partition coefficient (Wildman–Crippen LogP) is -4.76. The van der Waals surface area contributed by atoms with Gasteiger partial charge in [0.15, 0.2) is 5.82 Å². The van der Waals surface area contributed by atoms with Crippen LogP contribution >= 0.6 is 0 Å². The van der Waals surface area contributed by atoms with E-state index in [4.69, 9.17) is 0 Å². The first-order chi connectivity index (χ1) is 4.30. The van der Waals surface area contributed by atoms with E-state index in [-0.39, 0.29) is 18.9 Å². The van der Waals surface area contributed by atoms with E-state index in [2.05, 4.69) is 15.2 Å². The van der Waals surface area contributed by atoms with Crippen LogP contribution in [-0.2, 0) is 0 Å².